The van der Waals surface area contributed by atoms with Crippen molar-refractivity contribution in [1.82, 2.24) is 0 Å². The van der Waals surface area contributed by atoms with Crippen molar-refractivity contribution in [2.45, 2.75) is 6.92 Å². The summed E-state index contributed by atoms with van der Waals surface area (Å²) in [5.74, 6) is -0.0273. The van der Waals surface area contributed by atoms with Gasteiger partial charge < -0.3 is 9.26 Å². The Labute approximate surface area is 151 Å². The third kappa shape index (κ3) is 3.62. The van der Waals surface area contributed by atoms with Gasteiger partial charge in [-0.05, 0) is 30.7 Å². The largest absolute Gasteiger partial charge is 0.508 e. The topological polar surface area (TPSA) is 74.2 Å². The van der Waals surface area contributed by atoms with E-state index in [4.69, 9.17) is 9.05 Å². The molecule has 0 radical (unpaired) electrons. The van der Waals surface area contributed by atoms with Crippen molar-refractivity contribution in [3.05, 3.63) is 70.8 Å². The van der Waals surface area contributed by atoms with Crippen LogP contribution in [-0.2, 0) is 18.6 Å². The van der Waals surface area contributed by atoms with Gasteiger partial charge >= 0.3 is 13.7 Å². The Hall–Kier alpha value is -2.69. The molecule has 1 aliphatic heterocycles. The summed E-state index contributed by atoms with van der Waals surface area (Å²) in [6.07, 6.45) is 2.98. The van der Waals surface area contributed by atoms with E-state index in [-0.39, 0.29) is 0 Å². The van der Waals surface area contributed by atoms with E-state index in [0.29, 0.717) is 22.6 Å². The lowest BCUT2D eigenvalue weighted by Crippen LogP contribution is -2.13. The van der Waals surface area contributed by atoms with Crippen LogP contribution in [0.2, 0.25) is 0 Å². The number of para-hydroxylation sites is 1. The van der Waals surface area contributed by atoms with Gasteiger partial charge in [-0.25, -0.2) is 9.36 Å². The second-order valence-electron chi connectivity index (χ2n) is 5.63. The molecule has 6 nitrogen and oxygen atoms in total. The predicted octanol–water partition coefficient (Wildman–Crippen LogP) is 4.17. The number of esters is 1. The molecular weight excluding hydrogens is 353 g/mol. The van der Waals surface area contributed by atoms with Gasteiger partial charge in [0.15, 0.2) is 0 Å². The zero-order valence-electron chi connectivity index (χ0n) is 14.6. The van der Waals surface area contributed by atoms with Gasteiger partial charge in [-0.3, -0.25) is 4.52 Å². The minimum absolute atomic E-state index is 0.436. The van der Waals surface area contributed by atoms with Crippen molar-refractivity contribution >= 4 is 25.5 Å². The molecule has 0 aromatic heterocycles. The van der Waals surface area contributed by atoms with Crippen LogP contribution in [0.4, 0.5) is 0 Å². The van der Waals surface area contributed by atoms with Gasteiger partial charge in [0.2, 0.25) is 0 Å². The molecule has 1 unspecified atom stereocenters. The second-order valence-corrected chi connectivity index (χ2v) is 7.32. The number of carbonyl (C=O) groups excluding carboxylic acids is 1. The van der Waals surface area contributed by atoms with Crippen molar-refractivity contribution in [2.24, 2.45) is 4.76 Å². The van der Waals surface area contributed by atoms with Crippen LogP contribution in [0.15, 0.2) is 53.3 Å². The number of ether oxygens (including phenoxy) is 1. The van der Waals surface area contributed by atoms with Gasteiger partial charge in [-0.2, -0.15) is 4.76 Å². The Balaban J connectivity index is 2.20. The monoisotopic (exact) mass is 371 g/mol. The van der Waals surface area contributed by atoms with Gasteiger partial charge in [-0.1, -0.05) is 35.9 Å². The third-order valence-electron chi connectivity index (χ3n) is 3.87. The molecule has 0 saturated carbocycles. The van der Waals surface area contributed by atoms with E-state index in [1.165, 1.54) is 20.3 Å². The van der Waals surface area contributed by atoms with Crippen molar-refractivity contribution in [1.29, 1.82) is 0 Å². The molecule has 0 spiro atoms. The maximum absolute atomic E-state index is 12.7. The van der Waals surface area contributed by atoms with Crippen LogP contribution in [0.5, 0.6) is 5.75 Å². The average Bonchev–Trinajstić information content (AvgIpc) is 2.65. The number of hydrogen-bond acceptors (Lipinski definition) is 5. The SMILES string of the molecule is COC(=O)/C=C/c1cc(C)ccc1C1=NP(=O)(OC)Oc2ccccc21. The smallest absolute Gasteiger partial charge is 0.466 e. The molecule has 7 heteroatoms. The molecule has 3 rings (SSSR count). The zero-order valence-corrected chi connectivity index (χ0v) is 15.5. The molecule has 0 N–H and O–H groups in total. The lowest BCUT2D eigenvalue weighted by Gasteiger charge is -2.23. The first-order chi connectivity index (χ1) is 12.5. The molecule has 2 aromatic rings. The van der Waals surface area contributed by atoms with E-state index in [1.54, 1.807) is 18.2 Å². The van der Waals surface area contributed by atoms with Gasteiger partial charge in [0.1, 0.15) is 5.75 Å². The molecule has 0 amide bonds. The lowest BCUT2D eigenvalue weighted by atomic mass is 9.95. The first-order valence-corrected chi connectivity index (χ1v) is 9.37. The minimum atomic E-state index is -3.65. The van der Waals surface area contributed by atoms with Crippen molar-refractivity contribution in [3.8, 4) is 5.75 Å². The number of fused-ring (bicyclic) bond motifs is 1. The quantitative estimate of drug-likeness (QED) is 0.458. The fourth-order valence-electron chi connectivity index (χ4n) is 2.60. The molecule has 0 saturated heterocycles. The van der Waals surface area contributed by atoms with E-state index in [2.05, 4.69) is 9.50 Å². The molecule has 1 heterocycles. The fourth-order valence-corrected chi connectivity index (χ4v) is 3.67. The van der Waals surface area contributed by atoms with Crippen LogP contribution in [0.1, 0.15) is 22.3 Å². The first kappa shape index (κ1) is 18.1. The minimum Gasteiger partial charge on any atom is -0.466 e. The summed E-state index contributed by atoms with van der Waals surface area (Å²) < 4.78 is 32.1. The number of hydrogen-bond donors (Lipinski definition) is 0. The van der Waals surface area contributed by atoms with E-state index < -0.39 is 13.7 Å². The van der Waals surface area contributed by atoms with Crippen LogP contribution in [0.3, 0.4) is 0 Å². The fraction of sp³-hybridized carbons (Fsp3) is 0.158. The highest BCUT2D eigenvalue weighted by Gasteiger charge is 2.33. The van der Waals surface area contributed by atoms with Crippen molar-refractivity contribution < 1.29 is 23.1 Å². The highest BCUT2D eigenvalue weighted by molar-refractivity contribution is 7.53. The third-order valence-corrected chi connectivity index (χ3v) is 5.21. The lowest BCUT2D eigenvalue weighted by molar-refractivity contribution is -0.134. The van der Waals surface area contributed by atoms with E-state index in [1.807, 2.05) is 37.3 Å². The highest BCUT2D eigenvalue weighted by atomic mass is 31.2. The Morgan fingerprint density at radius 1 is 1.15 bits per heavy atom. The van der Waals surface area contributed by atoms with Crippen LogP contribution >= 0.6 is 7.75 Å². The maximum Gasteiger partial charge on any atom is 0.508 e. The predicted molar refractivity (Wildman–Crippen MR) is 99.6 cm³/mol. The number of carbonyl (C=O) groups is 1. The average molecular weight is 371 g/mol. The second kappa shape index (κ2) is 7.28. The summed E-state index contributed by atoms with van der Waals surface area (Å²) in [6.45, 7) is 1.94. The van der Waals surface area contributed by atoms with Crippen molar-refractivity contribution in [2.75, 3.05) is 14.2 Å². The number of nitrogens with zero attached hydrogens (tertiary/aromatic N) is 1. The molecule has 26 heavy (non-hydrogen) atoms. The summed E-state index contributed by atoms with van der Waals surface area (Å²) >= 11 is 0. The summed E-state index contributed by atoms with van der Waals surface area (Å²) in [4.78, 5) is 11.5. The van der Waals surface area contributed by atoms with Crippen LogP contribution < -0.4 is 4.52 Å². The van der Waals surface area contributed by atoms with Crippen LogP contribution in [-0.4, -0.2) is 25.9 Å². The van der Waals surface area contributed by atoms with Crippen LogP contribution in [0.25, 0.3) is 6.08 Å². The molecule has 0 fully saturated rings. The highest BCUT2D eigenvalue weighted by Crippen LogP contribution is 2.54. The molecule has 0 bridgehead atoms. The molecule has 2 aromatic carbocycles. The Morgan fingerprint density at radius 3 is 2.65 bits per heavy atom. The normalized spacial score (nSPS) is 18.8. The van der Waals surface area contributed by atoms with Gasteiger partial charge in [0.25, 0.3) is 0 Å². The van der Waals surface area contributed by atoms with Gasteiger partial charge in [0, 0.05) is 24.3 Å². The summed E-state index contributed by atoms with van der Waals surface area (Å²) in [6, 6.07) is 12.9. The van der Waals surface area contributed by atoms with Gasteiger partial charge in [-0.15, -0.1) is 0 Å². The van der Waals surface area contributed by atoms with Crippen molar-refractivity contribution in [3.63, 3.8) is 0 Å². The zero-order chi connectivity index (χ0) is 18.7. The number of aryl methyl sites for hydroxylation is 1. The van der Waals surface area contributed by atoms with E-state index in [0.717, 1.165) is 11.1 Å². The Bertz CT molecular complexity index is 964. The first-order valence-electron chi connectivity index (χ1n) is 7.88. The molecule has 134 valence electrons. The summed E-state index contributed by atoms with van der Waals surface area (Å²) in [5.41, 5.74) is 3.65. The Kier molecular flexibility index (Phi) is 5.07. The van der Waals surface area contributed by atoms with E-state index in [9.17, 15) is 9.36 Å². The Morgan fingerprint density at radius 2 is 1.92 bits per heavy atom. The molecule has 1 aliphatic rings. The standard InChI is InChI=1S/C19H18NO5P/c1-13-8-10-15(14(12-13)9-11-18(21)23-2)19-16-6-4-5-7-17(16)25-26(22,20-19)24-3/h4-12H,1-3H3/b11-9+. The summed E-state index contributed by atoms with van der Waals surface area (Å²) in [5, 5.41) is 0. The maximum atomic E-state index is 12.7. The van der Waals surface area contributed by atoms with E-state index >= 15 is 0 Å². The van der Waals surface area contributed by atoms with Crippen LogP contribution in [0, 0.1) is 6.92 Å². The van der Waals surface area contributed by atoms with Gasteiger partial charge in [0.05, 0.1) is 12.8 Å². The molecule has 1 atom stereocenters. The molecule has 0 aliphatic carbocycles. The number of benzene rings is 2. The number of methoxy groups -OCH3 is 1. The number of rotatable bonds is 4. The summed E-state index contributed by atoms with van der Waals surface area (Å²) in [7, 11) is -1.04. The molecular formula is C19H18NO5P.